The molecule has 0 unspecified atom stereocenters. The van der Waals surface area contributed by atoms with Crippen LogP contribution in [0.15, 0.2) is 48.5 Å². The Hall–Kier alpha value is -3.02. The van der Waals surface area contributed by atoms with Crippen LogP contribution in [-0.4, -0.2) is 43.5 Å². The van der Waals surface area contributed by atoms with E-state index in [1.54, 1.807) is 23.1 Å². The van der Waals surface area contributed by atoms with E-state index < -0.39 is 0 Å². The van der Waals surface area contributed by atoms with Gasteiger partial charge in [-0.15, -0.1) is 0 Å². The van der Waals surface area contributed by atoms with Crippen LogP contribution in [0.4, 0.5) is 0 Å². The number of ether oxygens (including phenoxy) is 2. The Kier molecular flexibility index (Phi) is 7.23. The molecule has 0 aliphatic carbocycles. The molecule has 0 radical (unpaired) electrons. The quantitative estimate of drug-likeness (QED) is 0.776. The monoisotopic (exact) mass is 370 g/mol. The fraction of sp³-hybridized carbons (Fsp3) is 0.333. The van der Waals surface area contributed by atoms with Gasteiger partial charge in [0.2, 0.25) is 5.91 Å². The summed E-state index contributed by atoms with van der Waals surface area (Å²) in [5, 5.41) is 2.68. The first-order valence-electron chi connectivity index (χ1n) is 8.80. The minimum Gasteiger partial charge on any atom is -0.493 e. The van der Waals surface area contributed by atoms with Gasteiger partial charge in [0.25, 0.3) is 5.91 Å². The maximum Gasteiger partial charge on any atom is 0.251 e. The van der Waals surface area contributed by atoms with Crippen molar-refractivity contribution in [1.82, 2.24) is 10.2 Å². The van der Waals surface area contributed by atoms with Gasteiger partial charge in [-0.25, -0.2) is 0 Å². The molecule has 0 heterocycles. The molecule has 144 valence electrons. The van der Waals surface area contributed by atoms with E-state index in [4.69, 9.17) is 9.47 Å². The Bertz CT molecular complexity index is 775. The van der Waals surface area contributed by atoms with Crippen molar-refractivity contribution in [2.75, 3.05) is 20.8 Å². The average Bonchev–Trinajstić information content (AvgIpc) is 2.69. The van der Waals surface area contributed by atoms with Crippen molar-refractivity contribution in [3.05, 3.63) is 59.7 Å². The van der Waals surface area contributed by atoms with Crippen molar-refractivity contribution in [3.63, 3.8) is 0 Å². The van der Waals surface area contributed by atoms with Crippen LogP contribution in [0.1, 0.15) is 29.8 Å². The van der Waals surface area contributed by atoms with Gasteiger partial charge in [0, 0.05) is 18.2 Å². The van der Waals surface area contributed by atoms with Crippen molar-refractivity contribution in [2.45, 2.75) is 26.4 Å². The van der Waals surface area contributed by atoms with Gasteiger partial charge in [-0.2, -0.15) is 0 Å². The zero-order valence-corrected chi connectivity index (χ0v) is 16.2. The number of methoxy groups -OCH3 is 2. The zero-order valence-electron chi connectivity index (χ0n) is 16.2. The number of carbonyl (C=O) groups excluding carboxylic acids is 2. The van der Waals surface area contributed by atoms with Gasteiger partial charge in [0.15, 0.2) is 11.5 Å². The van der Waals surface area contributed by atoms with Crippen molar-refractivity contribution in [2.24, 2.45) is 0 Å². The molecule has 27 heavy (non-hydrogen) atoms. The van der Waals surface area contributed by atoms with Crippen LogP contribution in [0, 0.1) is 0 Å². The van der Waals surface area contributed by atoms with E-state index in [1.807, 2.05) is 44.2 Å². The molecular formula is C21H26N2O4. The Morgan fingerprint density at radius 1 is 1.00 bits per heavy atom. The summed E-state index contributed by atoms with van der Waals surface area (Å²) in [6.45, 7) is 4.34. The normalized spacial score (nSPS) is 10.4. The number of carbonyl (C=O) groups is 2. The maximum atomic E-state index is 12.6. The molecule has 2 rings (SSSR count). The Morgan fingerprint density at radius 3 is 2.26 bits per heavy atom. The third-order valence-electron chi connectivity index (χ3n) is 4.19. The lowest BCUT2D eigenvalue weighted by atomic mass is 10.1. The smallest absolute Gasteiger partial charge is 0.251 e. The molecule has 0 bridgehead atoms. The highest BCUT2D eigenvalue weighted by Gasteiger charge is 2.19. The van der Waals surface area contributed by atoms with E-state index in [0.717, 1.165) is 5.56 Å². The first-order valence-corrected chi connectivity index (χ1v) is 8.80. The van der Waals surface area contributed by atoms with E-state index in [-0.39, 0.29) is 24.4 Å². The third-order valence-corrected chi connectivity index (χ3v) is 4.19. The van der Waals surface area contributed by atoms with Crippen LogP contribution in [0.5, 0.6) is 11.5 Å². The van der Waals surface area contributed by atoms with E-state index in [1.165, 1.54) is 14.2 Å². The number of hydrogen-bond donors (Lipinski definition) is 1. The van der Waals surface area contributed by atoms with Crippen LogP contribution < -0.4 is 14.8 Å². The Labute approximate surface area is 160 Å². The molecule has 0 saturated heterocycles. The predicted molar refractivity (Wildman–Crippen MR) is 104 cm³/mol. The first-order chi connectivity index (χ1) is 13.0. The lowest BCUT2D eigenvalue weighted by Crippen LogP contribution is -2.43. The second-order valence-electron chi connectivity index (χ2n) is 6.35. The van der Waals surface area contributed by atoms with Gasteiger partial charge in [0.05, 0.1) is 20.8 Å². The van der Waals surface area contributed by atoms with Crippen molar-refractivity contribution in [1.29, 1.82) is 0 Å². The van der Waals surface area contributed by atoms with Gasteiger partial charge in [-0.3, -0.25) is 9.59 Å². The number of nitrogens with one attached hydrogen (secondary N) is 1. The topological polar surface area (TPSA) is 67.9 Å². The molecule has 0 atom stereocenters. The Morgan fingerprint density at radius 2 is 1.67 bits per heavy atom. The highest BCUT2D eigenvalue weighted by atomic mass is 16.5. The standard InChI is InChI=1S/C21H26N2O4/c1-15(2)23(14-16-8-6-5-7-9-16)20(24)13-22-21(25)17-10-11-18(26-3)19(12-17)27-4/h5-12,15H,13-14H2,1-4H3,(H,22,25). The molecule has 0 fully saturated rings. The van der Waals surface area contributed by atoms with E-state index in [0.29, 0.717) is 23.6 Å². The van der Waals surface area contributed by atoms with Crippen LogP contribution in [-0.2, 0) is 11.3 Å². The molecule has 2 amide bonds. The lowest BCUT2D eigenvalue weighted by molar-refractivity contribution is -0.132. The molecule has 2 aromatic rings. The molecule has 1 N–H and O–H groups in total. The van der Waals surface area contributed by atoms with Gasteiger partial charge >= 0.3 is 0 Å². The molecule has 0 saturated carbocycles. The summed E-state index contributed by atoms with van der Waals surface area (Å²) in [4.78, 5) is 26.7. The zero-order chi connectivity index (χ0) is 19.8. The van der Waals surface area contributed by atoms with Crippen molar-refractivity contribution in [3.8, 4) is 11.5 Å². The number of hydrogen-bond acceptors (Lipinski definition) is 4. The molecule has 0 spiro atoms. The van der Waals surface area contributed by atoms with Crippen molar-refractivity contribution >= 4 is 11.8 Å². The fourth-order valence-electron chi connectivity index (χ4n) is 2.68. The summed E-state index contributed by atoms with van der Waals surface area (Å²) < 4.78 is 10.4. The summed E-state index contributed by atoms with van der Waals surface area (Å²) in [6.07, 6.45) is 0. The van der Waals surface area contributed by atoms with Crippen LogP contribution >= 0.6 is 0 Å². The highest BCUT2D eigenvalue weighted by molar-refractivity contribution is 5.97. The number of nitrogens with zero attached hydrogens (tertiary/aromatic N) is 1. The van der Waals surface area contributed by atoms with Crippen LogP contribution in [0.3, 0.4) is 0 Å². The molecule has 0 aromatic heterocycles. The van der Waals surface area contributed by atoms with Crippen molar-refractivity contribution < 1.29 is 19.1 Å². The highest BCUT2D eigenvalue weighted by Crippen LogP contribution is 2.27. The van der Waals surface area contributed by atoms with E-state index in [2.05, 4.69) is 5.32 Å². The van der Waals surface area contributed by atoms with Crippen LogP contribution in [0.25, 0.3) is 0 Å². The minimum absolute atomic E-state index is 0.0238. The minimum atomic E-state index is -0.340. The number of rotatable bonds is 8. The SMILES string of the molecule is COc1ccc(C(=O)NCC(=O)N(Cc2ccccc2)C(C)C)cc1OC. The van der Waals surface area contributed by atoms with Gasteiger partial charge in [-0.05, 0) is 37.6 Å². The molecule has 0 aliphatic heterocycles. The molecule has 6 heteroatoms. The lowest BCUT2D eigenvalue weighted by Gasteiger charge is -2.27. The summed E-state index contributed by atoms with van der Waals surface area (Å²) >= 11 is 0. The first kappa shape index (κ1) is 20.3. The molecule has 2 aromatic carbocycles. The molecule has 6 nitrogen and oxygen atoms in total. The number of benzene rings is 2. The fourth-order valence-corrected chi connectivity index (χ4v) is 2.68. The van der Waals surface area contributed by atoms with Gasteiger partial charge in [0.1, 0.15) is 0 Å². The number of amides is 2. The Balaban J connectivity index is 2.01. The summed E-state index contributed by atoms with van der Waals surface area (Å²) in [5.41, 5.74) is 1.45. The van der Waals surface area contributed by atoms with Gasteiger partial charge in [-0.1, -0.05) is 30.3 Å². The summed E-state index contributed by atoms with van der Waals surface area (Å²) in [6, 6.07) is 14.7. The third kappa shape index (κ3) is 5.48. The molecule has 0 aliphatic rings. The second kappa shape index (κ2) is 9.62. The summed E-state index contributed by atoms with van der Waals surface area (Å²) in [7, 11) is 3.04. The van der Waals surface area contributed by atoms with Gasteiger partial charge < -0.3 is 19.7 Å². The van der Waals surface area contributed by atoms with Crippen LogP contribution in [0.2, 0.25) is 0 Å². The molecular weight excluding hydrogens is 344 g/mol. The average molecular weight is 370 g/mol. The van der Waals surface area contributed by atoms with E-state index >= 15 is 0 Å². The summed E-state index contributed by atoms with van der Waals surface area (Å²) in [5.74, 6) is 0.527. The largest absolute Gasteiger partial charge is 0.493 e. The maximum absolute atomic E-state index is 12.6. The van der Waals surface area contributed by atoms with E-state index in [9.17, 15) is 9.59 Å². The second-order valence-corrected chi connectivity index (χ2v) is 6.35. The predicted octanol–water partition coefficient (Wildman–Crippen LogP) is 2.87.